The Hall–Kier alpha value is -3.08. The van der Waals surface area contributed by atoms with E-state index in [9.17, 15) is 14.7 Å². The number of carbonyl (C=O) groups excluding carboxylic acids is 1. The van der Waals surface area contributed by atoms with Gasteiger partial charge in [-0.2, -0.15) is 0 Å². The zero-order valence-electron chi connectivity index (χ0n) is 13.9. The molecule has 1 amide bonds. The molecular weight excluding hydrogens is 316 g/mol. The van der Waals surface area contributed by atoms with E-state index in [1.165, 1.54) is 0 Å². The van der Waals surface area contributed by atoms with Crippen molar-refractivity contribution in [3.05, 3.63) is 71.9 Å². The van der Waals surface area contributed by atoms with Gasteiger partial charge in [-0.15, -0.1) is 0 Å². The second-order valence-electron chi connectivity index (χ2n) is 5.96. The Morgan fingerprint density at radius 1 is 1.08 bits per heavy atom. The summed E-state index contributed by atoms with van der Waals surface area (Å²) in [5.74, 6) is -1.76. The van der Waals surface area contributed by atoms with Crippen molar-refractivity contribution in [1.29, 1.82) is 0 Å². The van der Waals surface area contributed by atoms with E-state index in [1.807, 2.05) is 43.5 Å². The molecule has 5 nitrogen and oxygen atoms in total. The maximum Gasteiger partial charge on any atom is 0.326 e. The Bertz CT molecular complexity index is 886. The zero-order chi connectivity index (χ0) is 17.8. The predicted molar refractivity (Wildman–Crippen MR) is 96.7 cm³/mol. The van der Waals surface area contributed by atoms with Crippen molar-refractivity contribution in [3.8, 4) is 0 Å². The Labute approximate surface area is 145 Å². The smallest absolute Gasteiger partial charge is 0.326 e. The first-order valence-corrected chi connectivity index (χ1v) is 8.26. The highest BCUT2D eigenvalue weighted by Gasteiger charge is 2.31. The van der Waals surface area contributed by atoms with Gasteiger partial charge < -0.3 is 15.4 Å². The van der Waals surface area contributed by atoms with Gasteiger partial charge >= 0.3 is 5.97 Å². The standard InChI is InChI=1S/C20H20N2O3/c1-2-14(16-12-21-17-11-7-6-10-15(16)17)18(20(24)25)22-19(23)13-8-4-3-5-9-13/h3-12,14,18,21H,2H2,1H3,(H,22,23)(H,24,25). The first-order valence-electron chi connectivity index (χ1n) is 8.26. The second kappa shape index (κ2) is 7.21. The molecule has 0 aliphatic carbocycles. The van der Waals surface area contributed by atoms with E-state index in [4.69, 9.17) is 0 Å². The third kappa shape index (κ3) is 3.40. The summed E-state index contributed by atoms with van der Waals surface area (Å²) in [6, 6.07) is 15.4. The summed E-state index contributed by atoms with van der Waals surface area (Å²) in [7, 11) is 0. The van der Waals surface area contributed by atoms with Gasteiger partial charge in [0, 0.05) is 28.6 Å². The summed E-state index contributed by atoms with van der Waals surface area (Å²) in [6.45, 7) is 1.93. The molecule has 2 atom stereocenters. The fourth-order valence-corrected chi connectivity index (χ4v) is 3.18. The molecule has 1 heterocycles. The van der Waals surface area contributed by atoms with Crippen LogP contribution in [0.25, 0.3) is 10.9 Å². The van der Waals surface area contributed by atoms with Crippen LogP contribution in [0.4, 0.5) is 0 Å². The Morgan fingerprint density at radius 2 is 1.76 bits per heavy atom. The number of aromatic nitrogens is 1. The molecule has 25 heavy (non-hydrogen) atoms. The van der Waals surface area contributed by atoms with E-state index < -0.39 is 12.0 Å². The highest BCUT2D eigenvalue weighted by molar-refractivity contribution is 5.97. The lowest BCUT2D eigenvalue weighted by molar-refractivity contribution is -0.139. The number of hydrogen-bond donors (Lipinski definition) is 3. The number of rotatable bonds is 6. The average Bonchev–Trinajstić information content (AvgIpc) is 3.06. The Kier molecular flexibility index (Phi) is 4.84. The highest BCUT2D eigenvalue weighted by Crippen LogP contribution is 2.30. The van der Waals surface area contributed by atoms with Crippen LogP contribution in [0.1, 0.15) is 35.2 Å². The first-order chi connectivity index (χ1) is 12.1. The topological polar surface area (TPSA) is 82.2 Å². The van der Waals surface area contributed by atoms with Crippen molar-refractivity contribution >= 4 is 22.8 Å². The molecule has 0 bridgehead atoms. The van der Waals surface area contributed by atoms with Gasteiger partial charge in [0.25, 0.3) is 5.91 Å². The number of carboxylic acids is 1. The fraction of sp³-hybridized carbons (Fsp3) is 0.200. The molecule has 128 valence electrons. The minimum atomic E-state index is -1.04. The number of carboxylic acid groups (broad SMARTS) is 1. The van der Waals surface area contributed by atoms with Crippen LogP contribution in [0, 0.1) is 0 Å². The number of H-pyrrole nitrogens is 1. The largest absolute Gasteiger partial charge is 0.480 e. The molecule has 1 aromatic heterocycles. The van der Waals surface area contributed by atoms with Gasteiger partial charge in [-0.25, -0.2) is 4.79 Å². The first kappa shape index (κ1) is 16.8. The van der Waals surface area contributed by atoms with E-state index in [1.54, 1.807) is 24.3 Å². The molecule has 0 fully saturated rings. The summed E-state index contributed by atoms with van der Waals surface area (Å²) in [4.78, 5) is 27.5. The van der Waals surface area contributed by atoms with Gasteiger partial charge in [0.15, 0.2) is 0 Å². The molecule has 3 aromatic rings. The van der Waals surface area contributed by atoms with Crippen LogP contribution < -0.4 is 5.32 Å². The number of amides is 1. The number of aromatic amines is 1. The van der Waals surface area contributed by atoms with Crippen LogP contribution in [0.15, 0.2) is 60.8 Å². The lowest BCUT2D eigenvalue weighted by Crippen LogP contribution is -2.44. The number of fused-ring (bicyclic) bond motifs is 1. The van der Waals surface area contributed by atoms with Crippen LogP contribution in [0.5, 0.6) is 0 Å². The molecule has 3 rings (SSSR count). The third-order valence-electron chi connectivity index (χ3n) is 4.45. The van der Waals surface area contributed by atoms with Crippen LogP contribution in [0.2, 0.25) is 0 Å². The van der Waals surface area contributed by atoms with E-state index in [2.05, 4.69) is 10.3 Å². The van der Waals surface area contributed by atoms with E-state index in [0.717, 1.165) is 16.5 Å². The van der Waals surface area contributed by atoms with Gasteiger partial charge in [0.05, 0.1) is 0 Å². The number of para-hydroxylation sites is 1. The number of nitrogens with one attached hydrogen (secondary N) is 2. The molecule has 0 radical (unpaired) electrons. The highest BCUT2D eigenvalue weighted by atomic mass is 16.4. The van der Waals surface area contributed by atoms with Crippen LogP contribution in [-0.4, -0.2) is 28.0 Å². The molecule has 0 spiro atoms. The molecular formula is C20H20N2O3. The van der Waals surface area contributed by atoms with E-state index >= 15 is 0 Å². The van der Waals surface area contributed by atoms with Crippen LogP contribution in [0.3, 0.4) is 0 Å². The minimum Gasteiger partial charge on any atom is -0.480 e. The number of carbonyl (C=O) groups is 2. The van der Waals surface area contributed by atoms with E-state index in [0.29, 0.717) is 12.0 Å². The minimum absolute atomic E-state index is 0.332. The monoisotopic (exact) mass is 336 g/mol. The van der Waals surface area contributed by atoms with Gasteiger partial charge in [0.2, 0.25) is 0 Å². The summed E-state index contributed by atoms with van der Waals surface area (Å²) in [5, 5.41) is 13.4. The van der Waals surface area contributed by atoms with Crippen molar-refractivity contribution in [1.82, 2.24) is 10.3 Å². The quantitative estimate of drug-likeness (QED) is 0.644. The Balaban J connectivity index is 1.93. The number of hydrogen-bond acceptors (Lipinski definition) is 2. The molecule has 3 N–H and O–H groups in total. The summed E-state index contributed by atoms with van der Waals surface area (Å²) >= 11 is 0. The molecule has 0 aliphatic heterocycles. The predicted octanol–water partition coefficient (Wildman–Crippen LogP) is 3.54. The molecule has 0 aliphatic rings. The van der Waals surface area contributed by atoms with Crippen molar-refractivity contribution < 1.29 is 14.7 Å². The molecule has 0 saturated carbocycles. The molecule has 0 saturated heterocycles. The summed E-state index contributed by atoms with van der Waals surface area (Å²) in [6.07, 6.45) is 2.43. The van der Waals surface area contributed by atoms with Crippen LogP contribution in [-0.2, 0) is 4.79 Å². The summed E-state index contributed by atoms with van der Waals surface area (Å²) in [5.41, 5.74) is 2.30. The second-order valence-corrected chi connectivity index (χ2v) is 5.96. The van der Waals surface area contributed by atoms with Crippen molar-refractivity contribution in [3.63, 3.8) is 0 Å². The van der Waals surface area contributed by atoms with Gasteiger partial charge in [-0.1, -0.05) is 43.3 Å². The Morgan fingerprint density at radius 3 is 2.44 bits per heavy atom. The van der Waals surface area contributed by atoms with Crippen molar-refractivity contribution in [2.45, 2.75) is 25.3 Å². The third-order valence-corrected chi connectivity index (χ3v) is 4.45. The lowest BCUT2D eigenvalue weighted by atomic mass is 9.88. The normalized spacial score (nSPS) is 13.3. The van der Waals surface area contributed by atoms with E-state index in [-0.39, 0.29) is 11.8 Å². The maximum atomic E-state index is 12.4. The SMILES string of the molecule is CCC(c1c[nH]c2ccccc12)C(NC(=O)c1ccccc1)C(=O)O. The van der Waals surface area contributed by atoms with Gasteiger partial charge in [-0.05, 0) is 30.2 Å². The van der Waals surface area contributed by atoms with Gasteiger partial charge in [0.1, 0.15) is 6.04 Å². The average molecular weight is 336 g/mol. The number of aliphatic carboxylic acids is 1. The van der Waals surface area contributed by atoms with Crippen LogP contribution >= 0.6 is 0 Å². The fourth-order valence-electron chi connectivity index (χ4n) is 3.18. The number of benzene rings is 2. The zero-order valence-corrected chi connectivity index (χ0v) is 13.9. The van der Waals surface area contributed by atoms with Gasteiger partial charge in [-0.3, -0.25) is 4.79 Å². The maximum absolute atomic E-state index is 12.4. The molecule has 5 heteroatoms. The molecule has 2 aromatic carbocycles. The van der Waals surface area contributed by atoms with Crippen molar-refractivity contribution in [2.24, 2.45) is 0 Å². The summed E-state index contributed by atoms with van der Waals surface area (Å²) < 4.78 is 0. The van der Waals surface area contributed by atoms with Crippen molar-refractivity contribution in [2.75, 3.05) is 0 Å². The lowest BCUT2D eigenvalue weighted by Gasteiger charge is -2.24. The molecule has 2 unspecified atom stereocenters.